The van der Waals surface area contributed by atoms with Crippen molar-refractivity contribution in [2.75, 3.05) is 7.11 Å². The number of halogens is 1. The normalized spacial score (nSPS) is 11.4. The topological polar surface area (TPSA) is 97.3 Å². The van der Waals surface area contributed by atoms with Gasteiger partial charge in [-0.3, -0.25) is 5.10 Å². The molecule has 0 fully saturated rings. The lowest BCUT2D eigenvalue weighted by Gasteiger charge is -2.13. The molecule has 0 saturated carbocycles. The Morgan fingerprint density at radius 1 is 1.26 bits per heavy atom. The van der Waals surface area contributed by atoms with Crippen molar-refractivity contribution in [3.8, 4) is 11.5 Å². The molecule has 162 valence electrons. The van der Waals surface area contributed by atoms with Crippen molar-refractivity contribution in [3.05, 3.63) is 68.8 Å². The van der Waals surface area contributed by atoms with E-state index in [4.69, 9.17) is 9.47 Å². The number of aryl methyl sites for hydroxylation is 1. The number of thioether (sulfide) groups is 1. The van der Waals surface area contributed by atoms with Crippen LogP contribution in [0.25, 0.3) is 6.08 Å². The smallest absolute Gasteiger partial charge is 0.342 e. The number of nitrogens with zero attached hydrogens (tertiary/aromatic N) is 2. The number of aromatic nitrogens is 3. The van der Waals surface area contributed by atoms with Crippen LogP contribution >= 0.6 is 27.7 Å². The molecule has 1 aromatic heterocycles. The Kier molecular flexibility index (Phi) is 8.13. The highest BCUT2D eigenvalue weighted by Crippen LogP contribution is 2.36. The summed E-state index contributed by atoms with van der Waals surface area (Å²) >= 11 is 4.49. The third-order valence-corrected chi connectivity index (χ3v) is 5.78. The zero-order chi connectivity index (χ0) is 22.2. The standard InChI is InChI=1S/C22H22BrN3O4S/c1-3-7-20-24-22(26-25-20)31-19(21(27)28)11-15-10-17(29-2)18(12-16(15)23)30-13-14-8-5-4-6-9-14/h4-6,8-12H,3,7,13H2,1-2H3,(H,27,28)(H,24,25,26)/b19-11-. The van der Waals surface area contributed by atoms with Crippen LogP contribution in [0.15, 0.2) is 57.0 Å². The first-order valence-electron chi connectivity index (χ1n) is 9.58. The molecule has 0 saturated heterocycles. The van der Waals surface area contributed by atoms with E-state index < -0.39 is 5.97 Å². The fourth-order valence-electron chi connectivity index (χ4n) is 2.72. The van der Waals surface area contributed by atoms with Crippen molar-refractivity contribution >= 4 is 39.7 Å². The molecule has 2 N–H and O–H groups in total. The fraction of sp³-hybridized carbons (Fsp3) is 0.227. The van der Waals surface area contributed by atoms with Crippen LogP contribution in [-0.2, 0) is 17.8 Å². The number of carboxylic acid groups (broad SMARTS) is 1. The summed E-state index contributed by atoms with van der Waals surface area (Å²) in [5.74, 6) is 0.723. The van der Waals surface area contributed by atoms with E-state index in [1.807, 2.05) is 37.3 Å². The van der Waals surface area contributed by atoms with Gasteiger partial charge in [-0.25, -0.2) is 9.78 Å². The van der Waals surface area contributed by atoms with Gasteiger partial charge in [-0.2, -0.15) is 0 Å². The van der Waals surface area contributed by atoms with Crippen molar-refractivity contribution in [1.82, 2.24) is 15.2 Å². The second-order valence-electron chi connectivity index (χ2n) is 6.53. The van der Waals surface area contributed by atoms with E-state index in [9.17, 15) is 9.90 Å². The van der Waals surface area contributed by atoms with Crippen LogP contribution in [0.2, 0.25) is 0 Å². The maximum Gasteiger partial charge on any atom is 0.342 e. The molecule has 3 rings (SSSR count). The number of aromatic amines is 1. The van der Waals surface area contributed by atoms with E-state index in [0.29, 0.717) is 33.3 Å². The first kappa shape index (κ1) is 22.9. The maximum atomic E-state index is 11.8. The molecular formula is C22H22BrN3O4S. The molecule has 0 bridgehead atoms. The lowest BCUT2D eigenvalue weighted by molar-refractivity contribution is -0.131. The Morgan fingerprint density at radius 2 is 2.03 bits per heavy atom. The number of benzene rings is 2. The zero-order valence-electron chi connectivity index (χ0n) is 17.1. The summed E-state index contributed by atoms with van der Waals surface area (Å²) in [5.41, 5.74) is 1.67. The lowest BCUT2D eigenvalue weighted by Crippen LogP contribution is -2.00. The van der Waals surface area contributed by atoms with Crippen molar-refractivity contribution in [3.63, 3.8) is 0 Å². The van der Waals surface area contributed by atoms with Gasteiger partial charge in [-0.15, -0.1) is 5.10 Å². The lowest BCUT2D eigenvalue weighted by atomic mass is 10.2. The molecule has 0 aliphatic carbocycles. The number of rotatable bonds is 10. The van der Waals surface area contributed by atoms with E-state index in [0.717, 1.165) is 36.0 Å². The van der Waals surface area contributed by atoms with Gasteiger partial charge >= 0.3 is 5.97 Å². The number of carbonyl (C=O) groups is 1. The zero-order valence-corrected chi connectivity index (χ0v) is 19.5. The molecule has 0 unspecified atom stereocenters. The SMILES string of the molecule is CCCc1nc(S/C(=C\c2cc(OC)c(OCc3ccccc3)cc2Br)C(=O)O)n[nH]1. The summed E-state index contributed by atoms with van der Waals surface area (Å²) < 4.78 is 12.0. The van der Waals surface area contributed by atoms with Gasteiger partial charge in [0.1, 0.15) is 17.3 Å². The highest BCUT2D eigenvalue weighted by Gasteiger charge is 2.16. The van der Waals surface area contributed by atoms with Crippen LogP contribution in [0.5, 0.6) is 11.5 Å². The molecular weight excluding hydrogens is 482 g/mol. The molecule has 0 amide bonds. The second-order valence-corrected chi connectivity index (χ2v) is 8.39. The quantitative estimate of drug-likeness (QED) is 0.285. The summed E-state index contributed by atoms with van der Waals surface area (Å²) in [5, 5.41) is 16.9. The summed E-state index contributed by atoms with van der Waals surface area (Å²) in [6.45, 7) is 2.43. The first-order chi connectivity index (χ1) is 15.0. The predicted molar refractivity (Wildman–Crippen MR) is 123 cm³/mol. The first-order valence-corrected chi connectivity index (χ1v) is 11.2. The number of hydrogen-bond acceptors (Lipinski definition) is 6. The van der Waals surface area contributed by atoms with Crippen molar-refractivity contribution < 1.29 is 19.4 Å². The fourth-order valence-corrected chi connectivity index (χ4v) is 3.87. The Morgan fingerprint density at radius 3 is 2.71 bits per heavy atom. The molecule has 0 aliphatic heterocycles. The Bertz CT molecular complexity index is 1070. The number of aliphatic carboxylic acids is 1. The van der Waals surface area contributed by atoms with Gasteiger partial charge in [0.05, 0.1) is 7.11 Å². The Balaban J connectivity index is 1.83. The number of H-pyrrole nitrogens is 1. The van der Waals surface area contributed by atoms with Gasteiger partial charge in [0, 0.05) is 10.9 Å². The Labute approximate surface area is 193 Å². The number of carboxylic acids is 1. The molecule has 0 atom stereocenters. The third-order valence-electron chi connectivity index (χ3n) is 4.22. The van der Waals surface area contributed by atoms with E-state index in [1.165, 1.54) is 0 Å². The molecule has 0 radical (unpaired) electrons. The van der Waals surface area contributed by atoms with Crippen molar-refractivity contribution in [2.24, 2.45) is 0 Å². The van der Waals surface area contributed by atoms with E-state index in [2.05, 4.69) is 31.1 Å². The molecule has 3 aromatic rings. The van der Waals surface area contributed by atoms with Gasteiger partial charge in [0.2, 0.25) is 5.16 Å². The average molecular weight is 504 g/mol. The van der Waals surface area contributed by atoms with E-state index in [-0.39, 0.29) is 4.91 Å². The number of methoxy groups -OCH3 is 1. The summed E-state index contributed by atoms with van der Waals surface area (Å²) in [4.78, 5) is 16.2. The summed E-state index contributed by atoms with van der Waals surface area (Å²) in [6, 6.07) is 13.3. The molecule has 31 heavy (non-hydrogen) atoms. The monoisotopic (exact) mass is 503 g/mol. The van der Waals surface area contributed by atoms with Gasteiger partial charge in [-0.1, -0.05) is 53.2 Å². The van der Waals surface area contributed by atoms with E-state index >= 15 is 0 Å². The van der Waals surface area contributed by atoms with Gasteiger partial charge < -0.3 is 14.6 Å². The number of ether oxygens (including phenoxy) is 2. The van der Waals surface area contributed by atoms with Crippen molar-refractivity contribution in [1.29, 1.82) is 0 Å². The predicted octanol–water partition coefficient (Wildman–Crippen LogP) is 5.33. The molecule has 9 heteroatoms. The van der Waals surface area contributed by atoms with Crippen molar-refractivity contribution in [2.45, 2.75) is 31.5 Å². The van der Waals surface area contributed by atoms with Gasteiger partial charge in [-0.05, 0) is 47.5 Å². The highest BCUT2D eigenvalue weighted by atomic mass is 79.9. The second kappa shape index (κ2) is 11.0. The van der Waals surface area contributed by atoms with Gasteiger partial charge in [0.25, 0.3) is 0 Å². The van der Waals surface area contributed by atoms with Crippen LogP contribution in [0.1, 0.15) is 30.3 Å². The van der Waals surface area contributed by atoms with Crippen LogP contribution in [-0.4, -0.2) is 33.4 Å². The minimum absolute atomic E-state index is 0.0859. The summed E-state index contributed by atoms with van der Waals surface area (Å²) in [7, 11) is 1.54. The number of hydrogen-bond donors (Lipinski definition) is 2. The van der Waals surface area contributed by atoms with Gasteiger partial charge in [0.15, 0.2) is 11.5 Å². The number of nitrogens with one attached hydrogen (secondary N) is 1. The minimum atomic E-state index is -1.07. The third kappa shape index (κ3) is 6.35. The largest absolute Gasteiger partial charge is 0.493 e. The van der Waals surface area contributed by atoms with Crippen LogP contribution < -0.4 is 9.47 Å². The molecule has 0 spiro atoms. The average Bonchev–Trinajstić information content (AvgIpc) is 3.21. The molecule has 1 heterocycles. The molecule has 2 aromatic carbocycles. The molecule has 7 nitrogen and oxygen atoms in total. The highest BCUT2D eigenvalue weighted by molar-refractivity contribution is 9.10. The van der Waals surface area contributed by atoms with Crippen LogP contribution in [0.4, 0.5) is 0 Å². The minimum Gasteiger partial charge on any atom is -0.493 e. The van der Waals surface area contributed by atoms with E-state index in [1.54, 1.807) is 25.3 Å². The van der Waals surface area contributed by atoms with Crippen LogP contribution in [0, 0.1) is 0 Å². The van der Waals surface area contributed by atoms with Crippen LogP contribution in [0.3, 0.4) is 0 Å². The molecule has 0 aliphatic rings. The summed E-state index contributed by atoms with van der Waals surface area (Å²) in [6.07, 6.45) is 3.23. The Hall–Kier alpha value is -2.78. The maximum absolute atomic E-state index is 11.8.